The summed E-state index contributed by atoms with van der Waals surface area (Å²) in [6.07, 6.45) is -3.00. The summed E-state index contributed by atoms with van der Waals surface area (Å²) in [7, 11) is 0. The molecule has 20 heavy (non-hydrogen) atoms. The van der Waals surface area contributed by atoms with Crippen molar-refractivity contribution in [2.45, 2.75) is 39.4 Å². The molecular weight excluding hydrogens is 262 g/mol. The van der Waals surface area contributed by atoms with Gasteiger partial charge in [-0.25, -0.2) is 8.78 Å². The molecule has 0 bridgehead atoms. The first kappa shape index (κ1) is 14.9. The maximum Gasteiger partial charge on any atom is 0.255 e. The highest BCUT2D eigenvalue weighted by molar-refractivity contribution is 5.85. The normalized spacial score (nSPS) is 23.1. The fourth-order valence-electron chi connectivity index (χ4n) is 2.61. The molecule has 2 unspecified atom stereocenters. The molecule has 5 heteroatoms. The predicted molar refractivity (Wildman–Crippen MR) is 73.4 cm³/mol. The van der Waals surface area contributed by atoms with Gasteiger partial charge in [-0.1, -0.05) is 38.1 Å². The Labute approximate surface area is 118 Å². The molecule has 1 aromatic rings. The van der Waals surface area contributed by atoms with Gasteiger partial charge in [0.25, 0.3) is 6.43 Å². The number of alkyl halides is 2. The van der Waals surface area contributed by atoms with Crippen molar-refractivity contribution in [1.82, 2.24) is 10.2 Å². The number of nitrogens with one attached hydrogen (secondary N) is 1. The van der Waals surface area contributed by atoms with Gasteiger partial charge in [0.2, 0.25) is 5.91 Å². The summed E-state index contributed by atoms with van der Waals surface area (Å²) in [6, 6.07) is 7.15. The number of halogens is 2. The largest absolute Gasteiger partial charge is 0.316 e. The Bertz CT molecular complexity index is 491. The van der Waals surface area contributed by atoms with Crippen LogP contribution in [0.25, 0.3) is 0 Å². The van der Waals surface area contributed by atoms with E-state index in [0.717, 1.165) is 11.1 Å². The van der Waals surface area contributed by atoms with Crippen LogP contribution >= 0.6 is 0 Å². The van der Waals surface area contributed by atoms with Gasteiger partial charge >= 0.3 is 0 Å². The number of benzene rings is 1. The highest BCUT2D eigenvalue weighted by Crippen LogP contribution is 2.30. The van der Waals surface area contributed by atoms with Crippen molar-refractivity contribution in [2.24, 2.45) is 5.92 Å². The Balaban J connectivity index is 2.34. The fourth-order valence-corrected chi connectivity index (χ4v) is 2.61. The molecule has 1 N–H and O–H groups in total. The van der Waals surface area contributed by atoms with Crippen LogP contribution in [0.5, 0.6) is 0 Å². The van der Waals surface area contributed by atoms with E-state index >= 15 is 0 Å². The van der Waals surface area contributed by atoms with Gasteiger partial charge < -0.3 is 4.90 Å². The van der Waals surface area contributed by atoms with Crippen molar-refractivity contribution in [3.8, 4) is 0 Å². The molecular formula is C15H20F2N2O. The lowest BCUT2D eigenvalue weighted by atomic mass is 10.0. The molecule has 1 heterocycles. The van der Waals surface area contributed by atoms with E-state index in [1.165, 1.54) is 4.90 Å². The number of rotatable bonds is 4. The summed E-state index contributed by atoms with van der Waals surface area (Å²) in [5, 5.41) is 3.20. The van der Waals surface area contributed by atoms with Crippen molar-refractivity contribution in [3.05, 3.63) is 35.4 Å². The highest BCUT2D eigenvalue weighted by atomic mass is 19.3. The van der Waals surface area contributed by atoms with Crippen LogP contribution in [-0.2, 0) is 4.79 Å². The minimum atomic E-state index is -2.53. The Morgan fingerprint density at radius 1 is 1.30 bits per heavy atom. The molecule has 1 aliphatic heterocycles. The van der Waals surface area contributed by atoms with Crippen LogP contribution in [0.2, 0.25) is 0 Å². The molecule has 3 nitrogen and oxygen atoms in total. The Kier molecular flexibility index (Phi) is 4.38. The van der Waals surface area contributed by atoms with E-state index in [2.05, 4.69) is 5.32 Å². The summed E-state index contributed by atoms with van der Waals surface area (Å²) < 4.78 is 25.5. The standard InChI is InChI=1S/C15H20F2N2O/c1-9(2)13-15(20)19(8-12(16)17)14(18-13)11-7-5-4-6-10(11)3/h4-7,9,12-14,18H,8H2,1-3H3. The van der Waals surface area contributed by atoms with Gasteiger partial charge in [0.15, 0.2) is 0 Å². The van der Waals surface area contributed by atoms with E-state index in [1.54, 1.807) is 0 Å². The van der Waals surface area contributed by atoms with Crippen molar-refractivity contribution in [1.29, 1.82) is 0 Å². The lowest BCUT2D eigenvalue weighted by molar-refractivity contribution is -0.132. The number of carbonyl (C=O) groups excluding carboxylic acids is 1. The summed E-state index contributed by atoms with van der Waals surface area (Å²) in [5.41, 5.74) is 1.87. The van der Waals surface area contributed by atoms with Crippen molar-refractivity contribution in [2.75, 3.05) is 6.54 Å². The Morgan fingerprint density at radius 2 is 1.95 bits per heavy atom. The van der Waals surface area contributed by atoms with Crippen LogP contribution in [0, 0.1) is 12.8 Å². The molecule has 1 aliphatic rings. The zero-order valence-corrected chi connectivity index (χ0v) is 11.9. The maximum atomic E-state index is 12.8. The first-order chi connectivity index (χ1) is 9.41. The molecule has 0 saturated carbocycles. The average Bonchev–Trinajstić information content (AvgIpc) is 2.67. The van der Waals surface area contributed by atoms with Gasteiger partial charge in [-0.05, 0) is 24.0 Å². The topological polar surface area (TPSA) is 32.3 Å². The fraction of sp³-hybridized carbons (Fsp3) is 0.533. The maximum absolute atomic E-state index is 12.8. The second kappa shape index (κ2) is 5.87. The van der Waals surface area contributed by atoms with Crippen LogP contribution in [0.4, 0.5) is 8.78 Å². The summed E-state index contributed by atoms with van der Waals surface area (Å²) in [5.74, 6) is -0.176. The van der Waals surface area contributed by atoms with Crippen molar-refractivity contribution >= 4 is 5.91 Å². The third-order valence-corrected chi connectivity index (χ3v) is 3.68. The molecule has 0 radical (unpaired) electrons. The average molecular weight is 282 g/mol. The molecule has 0 aliphatic carbocycles. The number of carbonyl (C=O) groups is 1. The van der Waals surface area contributed by atoms with Crippen molar-refractivity contribution in [3.63, 3.8) is 0 Å². The van der Waals surface area contributed by atoms with E-state index in [1.807, 2.05) is 45.0 Å². The summed E-state index contributed by atoms with van der Waals surface area (Å²) >= 11 is 0. The molecule has 1 fully saturated rings. The highest BCUT2D eigenvalue weighted by Gasteiger charge is 2.42. The molecule has 1 saturated heterocycles. The lowest BCUT2D eigenvalue weighted by Crippen LogP contribution is -2.36. The quantitative estimate of drug-likeness (QED) is 0.921. The number of nitrogens with zero attached hydrogens (tertiary/aromatic N) is 1. The summed E-state index contributed by atoms with van der Waals surface area (Å²) in [4.78, 5) is 13.6. The zero-order chi connectivity index (χ0) is 14.9. The number of hydrogen-bond acceptors (Lipinski definition) is 2. The van der Waals surface area contributed by atoms with Crippen LogP contribution in [0.15, 0.2) is 24.3 Å². The van der Waals surface area contributed by atoms with E-state index in [-0.39, 0.29) is 11.8 Å². The number of amides is 1. The van der Waals surface area contributed by atoms with Gasteiger partial charge in [0.05, 0.1) is 12.6 Å². The van der Waals surface area contributed by atoms with E-state index in [9.17, 15) is 13.6 Å². The molecule has 0 spiro atoms. The van der Waals surface area contributed by atoms with Crippen LogP contribution in [-0.4, -0.2) is 29.8 Å². The zero-order valence-electron chi connectivity index (χ0n) is 11.9. The van der Waals surface area contributed by atoms with Gasteiger partial charge in [-0.2, -0.15) is 0 Å². The molecule has 1 aromatic carbocycles. The first-order valence-electron chi connectivity index (χ1n) is 6.82. The first-order valence-corrected chi connectivity index (χ1v) is 6.82. The molecule has 2 rings (SSSR count). The Hall–Kier alpha value is -1.49. The minimum Gasteiger partial charge on any atom is -0.316 e. The van der Waals surface area contributed by atoms with Gasteiger partial charge in [0, 0.05) is 0 Å². The molecule has 1 amide bonds. The van der Waals surface area contributed by atoms with E-state index in [0.29, 0.717) is 0 Å². The van der Waals surface area contributed by atoms with E-state index in [4.69, 9.17) is 0 Å². The third-order valence-electron chi connectivity index (χ3n) is 3.68. The minimum absolute atomic E-state index is 0.0664. The monoisotopic (exact) mass is 282 g/mol. The third kappa shape index (κ3) is 2.82. The second-order valence-corrected chi connectivity index (χ2v) is 5.53. The number of aryl methyl sites for hydroxylation is 1. The van der Waals surface area contributed by atoms with Gasteiger partial charge in [-0.3, -0.25) is 10.1 Å². The molecule has 0 aromatic heterocycles. The van der Waals surface area contributed by atoms with Crippen LogP contribution in [0.1, 0.15) is 31.1 Å². The van der Waals surface area contributed by atoms with E-state index < -0.39 is 25.2 Å². The lowest BCUT2D eigenvalue weighted by Gasteiger charge is -2.25. The molecule has 110 valence electrons. The Morgan fingerprint density at radius 3 is 2.50 bits per heavy atom. The number of hydrogen-bond donors (Lipinski definition) is 1. The van der Waals surface area contributed by atoms with Crippen LogP contribution < -0.4 is 5.32 Å². The smallest absolute Gasteiger partial charge is 0.255 e. The van der Waals surface area contributed by atoms with Crippen LogP contribution in [0.3, 0.4) is 0 Å². The second-order valence-electron chi connectivity index (χ2n) is 5.53. The predicted octanol–water partition coefficient (Wildman–Crippen LogP) is 2.72. The van der Waals surface area contributed by atoms with Gasteiger partial charge in [-0.15, -0.1) is 0 Å². The summed E-state index contributed by atoms with van der Waals surface area (Å²) in [6.45, 7) is 5.21. The van der Waals surface area contributed by atoms with Crippen molar-refractivity contribution < 1.29 is 13.6 Å². The molecule has 2 atom stereocenters. The SMILES string of the molecule is Cc1ccccc1C1NC(C(C)C)C(=O)N1CC(F)F. The van der Waals surface area contributed by atoms with Gasteiger partial charge in [0.1, 0.15) is 6.17 Å².